The molecular weight excluding hydrogens is 374 g/mol. The lowest BCUT2D eigenvalue weighted by Crippen LogP contribution is -2.33. The Hall–Kier alpha value is -2.51. The first kappa shape index (κ1) is 18.3. The number of rotatable bonds is 5. The van der Waals surface area contributed by atoms with Crippen LogP contribution in [-0.2, 0) is 9.53 Å². The Morgan fingerprint density at radius 1 is 1.27 bits per heavy atom. The number of benzene rings is 1. The first-order chi connectivity index (χ1) is 12.5. The van der Waals surface area contributed by atoms with Crippen molar-refractivity contribution in [3.63, 3.8) is 0 Å². The van der Waals surface area contributed by atoms with Gasteiger partial charge < -0.3 is 9.64 Å². The highest BCUT2D eigenvalue weighted by Crippen LogP contribution is 2.28. The van der Waals surface area contributed by atoms with Gasteiger partial charge in [-0.05, 0) is 31.2 Å². The smallest absolute Gasteiger partial charge is 0.341 e. The van der Waals surface area contributed by atoms with E-state index < -0.39 is 5.97 Å². The number of fused-ring (bicyclic) bond motifs is 1. The second-order valence-electron chi connectivity index (χ2n) is 5.62. The fraction of sp³-hybridized carbons (Fsp3) is 0.222. The molecule has 1 amide bonds. The van der Waals surface area contributed by atoms with Crippen molar-refractivity contribution in [1.82, 2.24) is 14.9 Å². The summed E-state index contributed by atoms with van der Waals surface area (Å²) in [4.78, 5) is 34.3. The maximum Gasteiger partial charge on any atom is 0.341 e. The number of thiazole rings is 1. The topological polar surface area (TPSA) is 72.4 Å². The highest BCUT2D eigenvalue weighted by molar-refractivity contribution is 7.18. The van der Waals surface area contributed by atoms with Crippen LogP contribution in [0.1, 0.15) is 28.3 Å². The van der Waals surface area contributed by atoms with E-state index in [1.165, 1.54) is 28.5 Å². The van der Waals surface area contributed by atoms with Gasteiger partial charge in [-0.15, -0.1) is 11.3 Å². The fourth-order valence-electron chi connectivity index (χ4n) is 2.30. The molecule has 0 aliphatic carbocycles. The van der Waals surface area contributed by atoms with E-state index in [1.807, 2.05) is 31.2 Å². The van der Waals surface area contributed by atoms with Crippen molar-refractivity contribution in [2.45, 2.75) is 13.0 Å². The molecule has 3 aromatic rings. The largest absolute Gasteiger partial charge is 0.452 e. The van der Waals surface area contributed by atoms with Crippen LogP contribution in [0, 0.1) is 0 Å². The SMILES string of the molecule is C[C@H](c1nc2ccccc2s1)N(C)C(=O)COC(=O)c1cccnc1Cl. The Morgan fingerprint density at radius 3 is 2.77 bits per heavy atom. The molecule has 0 N–H and O–H groups in total. The minimum absolute atomic E-state index is 0.0427. The minimum Gasteiger partial charge on any atom is -0.452 e. The normalized spacial score (nSPS) is 12.0. The molecule has 0 saturated carbocycles. The Balaban J connectivity index is 1.63. The average Bonchev–Trinajstić information content (AvgIpc) is 3.09. The van der Waals surface area contributed by atoms with Gasteiger partial charge in [0.2, 0.25) is 0 Å². The van der Waals surface area contributed by atoms with E-state index >= 15 is 0 Å². The van der Waals surface area contributed by atoms with Crippen LogP contribution in [0.3, 0.4) is 0 Å². The van der Waals surface area contributed by atoms with E-state index in [1.54, 1.807) is 13.1 Å². The summed E-state index contributed by atoms with van der Waals surface area (Å²) in [5.74, 6) is -1.01. The summed E-state index contributed by atoms with van der Waals surface area (Å²) in [6, 6.07) is 10.6. The summed E-state index contributed by atoms with van der Waals surface area (Å²) in [6.07, 6.45) is 1.47. The second-order valence-corrected chi connectivity index (χ2v) is 7.04. The maximum absolute atomic E-state index is 12.4. The predicted octanol–water partition coefficient (Wildman–Crippen LogP) is 3.72. The summed E-state index contributed by atoms with van der Waals surface area (Å²) >= 11 is 7.39. The fourth-order valence-corrected chi connectivity index (χ4v) is 3.55. The first-order valence-corrected chi connectivity index (χ1v) is 9.05. The third-order valence-electron chi connectivity index (χ3n) is 3.95. The molecule has 134 valence electrons. The third kappa shape index (κ3) is 3.84. The zero-order valence-corrected chi connectivity index (χ0v) is 15.8. The van der Waals surface area contributed by atoms with Crippen LogP contribution >= 0.6 is 22.9 Å². The second kappa shape index (κ2) is 7.80. The monoisotopic (exact) mass is 389 g/mol. The predicted molar refractivity (Wildman–Crippen MR) is 100 cm³/mol. The van der Waals surface area contributed by atoms with Gasteiger partial charge in [0.1, 0.15) is 10.2 Å². The lowest BCUT2D eigenvalue weighted by Gasteiger charge is -2.23. The van der Waals surface area contributed by atoms with E-state index in [4.69, 9.17) is 16.3 Å². The summed E-state index contributed by atoms with van der Waals surface area (Å²) < 4.78 is 6.13. The number of esters is 1. The standard InChI is InChI=1S/C18H16ClN3O3S/c1-11(17-21-13-7-3-4-8-14(13)26-17)22(2)15(23)10-25-18(24)12-6-5-9-20-16(12)19/h3-9,11H,10H2,1-2H3/t11-/m1/s1. The van der Waals surface area contributed by atoms with Crippen LogP contribution in [0.2, 0.25) is 5.15 Å². The maximum atomic E-state index is 12.4. The molecule has 1 aromatic carbocycles. The van der Waals surface area contributed by atoms with Crippen molar-refractivity contribution in [3.8, 4) is 0 Å². The third-order valence-corrected chi connectivity index (χ3v) is 5.46. The lowest BCUT2D eigenvalue weighted by atomic mass is 10.3. The Labute approximate surface area is 159 Å². The van der Waals surface area contributed by atoms with Crippen LogP contribution in [0.4, 0.5) is 0 Å². The number of nitrogens with zero attached hydrogens (tertiary/aromatic N) is 3. The van der Waals surface area contributed by atoms with Gasteiger partial charge in [0.15, 0.2) is 6.61 Å². The molecule has 0 bridgehead atoms. The van der Waals surface area contributed by atoms with Crippen molar-refractivity contribution in [2.75, 3.05) is 13.7 Å². The van der Waals surface area contributed by atoms with E-state index in [-0.39, 0.29) is 29.3 Å². The Kier molecular flexibility index (Phi) is 5.49. The Morgan fingerprint density at radius 2 is 2.04 bits per heavy atom. The van der Waals surface area contributed by atoms with E-state index in [2.05, 4.69) is 9.97 Å². The summed E-state index contributed by atoms with van der Waals surface area (Å²) in [5.41, 5.74) is 1.03. The number of pyridine rings is 1. The molecule has 8 heteroatoms. The molecular formula is C18H16ClN3O3S. The molecule has 26 heavy (non-hydrogen) atoms. The number of likely N-dealkylation sites (N-methyl/N-ethyl adjacent to an activating group) is 1. The van der Waals surface area contributed by atoms with Crippen LogP contribution in [0.15, 0.2) is 42.6 Å². The molecule has 0 radical (unpaired) electrons. The van der Waals surface area contributed by atoms with Gasteiger partial charge in [0.25, 0.3) is 5.91 Å². The number of amides is 1. The number of hydrogen-bond acceptors (Lipinski definition) is 6. The first-order valence-electron chi connectivity index (χ1n) is 7.86. The molecule has 0 aliphatic rings. The highest BCUT2D eigenvalue weighted by atomic mass is 35.5. The van der Waals surface area contributed by atoms with Gasteiger partial charge in [-0.2, -0.15) is 0 Å². The molecule has 6 nitrogen and oxygen atoms in total. The van der Waals surface area contributed by atoms with Crippen LogP contribution in [-0.4, -0.2) is 40.4 Å². The van der Waals surface area contributed by atoms with Gasteiger partial charge in [0.05, 0.1) is 21.8 Å². The van der Waals surface area contributed by atoms with Crippen molar-refractivity contribution < 1.29 is 14.3 Å². The van der Waals surface area contributed by atoms with Gasteiger partial charge in [-0.25, -0.2) is 14.8 Å². The molecule has 0 unspecified atom stereocenters. The molecule has 0 fully saturated rings. The van der Waals surface area contributed by atoms with E-state index in [0.29, 0.717) is 0 Å². The number of halogens is 1. The zero-order chi connectivity index (χ0) is 18.7. The number of carbonyl (C=O) groups is 2. The lowest BCUT2D eigenvalue weighted by molar-refractivity contribution is -0.135. The molecule has 2 aromatic heterocycles. The number of para-hydroxylation sites is 1. The van der Waals surface area contributed by atoms with Crippen LogP contribution < -0.4 is 0 Å². The van der Waals surface area contributed by atoms with Crippen LogP contribution in [0.25, 0.3) is 10.2 Å². The summed E-state index contributed by atoms with van der Waals surface area (Å²) in [7, 11) is 1.66. The van der Waals surface area contributed by atoms with Gasteiger partial charge in [0, 0.05) is 13.2 Å². The number of ether oxygens (including phenoxy) is 1. The molecule has 0 aliphatic heterocycles. The number of hydrogen-bond donors (Lipinski definition) is 0. The zero-order valence-electron chi connectivity index (χ0n) is 14.2. The molecule has 0 spiro atoms. The van der Waals surface area contributed by atoms with Gasteiger partial charge >= 0.3 is 5.97 Å². The minimum atomic E-state index is -0.683. The molecule has 3 rings (SSSR count). The molecule has 0 saturated heterocycles. The van der Waals surface area contributed by atoms with Gasteiger partial charge in [-0.1, -0.05) is 23.7 Å². The van der Waals surface area contributed by atoms with Crippen molar-refractivity contribution in [2.24, 2.45) is 0 Å². The highest BCUT2D eigenvalue weighted by Gasteiger charge is 2.22. The van der Waals surface area contributed by atoms with Crippen LogP contribution in [0.5, 0.6) is 0 Å². The summed E-state index contributed by atoms with van der Waals surface area (Å²) in [6.45, 7) is 1.51. The molecule has 2 heterocycles. The Bertz CT molecular complexity index is 927. The van der Waals surface area contributed by atoms with Crippen molar-refractivity contribution in [3.05, 3.63) is 58.3 Å². The number of aromatic nitrogens is 2. The summed E-state index contributed by atoms with van der Waals surface area (Å²) in [5, 5.41) is 0.866. The van der Waals surface area contributed by atoms with Crippen molar-refractivity contribution in [1.29, 1.82) is 0 Å². The quantitative estimate of drug-likeness (QED) is 0.491. The van der Waals surface area contributed by atoms with Crippen molar-refractivity contribution >= 4 is 45.0 Å². The molecule has 1 atom stereocenters. The van der Waals surface area contributed by atoms with Gasteiger partial charge in [-0.3, -0.25) is 4.79 Å². The van der Waals surface area contributed by atoms with E-state index in [9.17, 15) is 9.59 Å². The van der Waals surface area contributed by atoms with E-state index in [0.717, 1.165) is 15.2 Å². The number of carbonyl (C=O) groups excluding carboxylic acids is 2. The average molecular weight is 390 g/mol.